The number of rotatable bonds is 2. The predicted molar refractivity (Wildman–Crippen MR) is 241 cm³/mol. The lowest BCUT2D eigenvalue weighted by Gasteiger charge is -2.39. The van der Waals surface area contributed by atoms with Gasteiger partial charge in [-0.1, -0.05) is 126 Å². The van der Waals surface area contributed by atoms with E-state index in [1.807, 2.05) is 0 Å². The summed E-state index contributed by atoms with van der Waals surface area (Å²) in [7, 11) is 0. The summed E-state index contributed by atoms with van der Waals surface area (Å²) < 4.78 is 12.3. The number of hydrogen-bond donors (Lipinski definition) is 0. The zero-order valence-electron chi connectivity index (χ0n) is 33.2. The molecule has 0 fully saturated rings. The molecule has 274 valence electrons. The number of aromatic nitrogens is 2. The summed E-state index contributed by atoms with van der Waals surface area (Å²) in [6.07, 6.45) is 0. The summed E-state index contributed by atoms with van der Waals surface area (Å²) in [5, 5.41) is 6.18. The van der Waals surface area contributed by atoms with Gasteiger partial charge in [0, 0.05) is 60.6 Å². The van der Waals surface area contributed by atoms with Crippen LogP contribution in [0.2, 0.25) is 0 Å². The average molecular weight is 736 g/mol. The Balaban J connectivity index is 1.30. The molecule has 0 saturated heterocycles. The third-order valence-electron chi connectivity index (χ3n) is 12.8. The summed E-state index contributed by atoms with van der Waals surface area (Å²) in [4.78, 5) is 2.51. The fourth-order valence-corrected chi connectivity index (χ4v) is 10.1. The highest BCUT2D eigenvalue weighted by molar-refractivity contribution is 6.89. The maximum atomic E-state index is 7.19. The molecular formula is C52H42BN3O. The highest BCUT2D eigenvalue weighted by atomic mass is 16.3. The molecule has 2 aliphatic heterocycles. The fourth-order valence-electron chi connectivity index (χ4n) is 10.1. The minimum absolute atomic E-state index is 0.0455. The van der Waals surface area contributed by atoms with Crippen molar-refractivity contribution in [1.29, 1.82) is 0 Å². The molecule has 10 aromatic rings. The van der Waals surface area contributed by atoms with Crippen LogP contribution in [0, 0.1) is 0 Å². The molecule has 12 rings (SSSR count). The number of benzene rings is 7. The molecule has 4 nitrogen and oxygen atoms in total. The lowest BCUT2D eigenvalue weighted by atomic mass is 9.47. The van der Waals surface area contributed by atoms with Crippen molar-refractivity contribution in [3.05, 3.63) is 157 Å². The van der Waals surface area contributed by atoms with Crippen molar-refractivity contribution in [2.75, 3.05) is 4.90 Å². The third kappa shape index (κ3) is 4.35. The fraction of sp³-hybridized carbons (Fsp3) is 0.154. The molecule has 0 saturated carbocycles. The van der Waals surface area contributed by atoms with E-state index in [2.05, 4.69) is 201 Å². The van der Waals surface area contributed by atoms with Gasteiger partial charge in [-0.25, -0.2) is 0 Å². The van der Waals surface area contributed by atoms with Crippen molar-refractivity contribution in [3.63, 3.8) is 0 Å². The van der Waals surface area contributed by atoms with Gasteiger partial charge in [-0.15, -0.1) is 0 Å². The molecule has 0 spiro atoms. The first kappa shape index (κ1) is 32.8. The molecule has 5 heterocycles. The first-order valence-electron chi connectivity index (χ1n) is 20.2. The maximum Gasteiger partial charge on any atom is 0.375 e. The molecule has 3 aromatic heterocycles. The molecule has 0 radical (unpaired) electrons. The Morgan fingerprint density at radius 1 is 0.509 bits per heavy atom. The van der Waals surface area contributed by atoms with Gasteiger partial charge < -0.3 is 18.4 Å². The predicted octanol–water partition coefficient (Wildman–Crippen LogP) is 12.7. The second-order valence-corrected chi connectivity index (χ2v) is 18.2. The van der Waals surface area contributed by atoms with E-state index in [0.717, 1.165) is 33.7 Å². The topological polar surface area (TPSA) is 26.2 Å². The zero-order valence-corrected chi connectivity index (χ0v) is 33.2. The van der Waals surface area contributed by atoms with Crippen LogP contribution in [-0.4, -0.2) is 15.9 Å². The summed E-state index contributed by atoms with van der Waals surface area (Å²) >= 11 is 0. The smallest absolute Gasteiger partial charge is 0.375 e. The van der Waals surface area contributed by atoms with Crippen molar-refractivity contribution in [3.8, 4) is 16.8 Å². The largest absolute Gasteiger partial charge is 0.466 e. The molecule has 0 N–H and O–H groups in total. The van der Waals surface area contributed by atoms with Crippen LogP contribution in [0.1, 0.15) is 52.7 Å². The molecule has 2 aliphatic rings. The Bertz CT molecular complexity index is 3310. The van der Waals surface area contributed by atoms with E-state index < -0.39 is 0 Å². The number of nitrogens with zero attached hydrogens (tertiary/aromatic N) is 3. The van der Waals surface area contributed by atoms with Crippen LogP contribution in [0.3, 0.4) is 0 Å². The van der Waals surface area contributed by atoms with Crippen molar-refractivity contribution in [2.45, 2.75) is 52.4 Å². The van der Waals surface area contributed by atoms with Gasteiger partial charge in [0.1, 0.15) is 11.2 Å². The van der Waals surface area contributed by atoms with Crippen molar-refractivity contribution in [1.82, 2.24) is 9.05 Å². The van der Waals surface area contributed by atoms with E-state index in [1.165, 1.54) is 77.0 Å². The highest BCUT2D eigenvalue weighted by Crippen LogP contribution is 2.51. The van der Waals surface area contributed by atoms with Gasteiger partial charge in [0.15, 0.2) is 0 Å². The molecular weight excluding hydrogens is 693 g/mol. The lowest BCUT2D eigenvalue weighted by Crippen LogP contribution is -2.56. The molecule has 0 unspecified atom stereocenters. The van der Waals surface area contributed by atoms with Gasteiger partial charge in [-0.3, -0.25) is 0 Å². The van der Waals surface area contributed by atoms with Crippen LogP contribution in [0.25, 0.3) is 71.4 Å². The summed E-state index contributed by atoms with van der Waals surface area (Å²) in [5.74, 6) is 0. The van der Waals surface area contributed by atoms with Crippen LogP contribution in [0.4, 0.5) is 17.1 Å². The quantitative estimate of drug-likeness (QED) is 0.165. The van der Waals surface area contributed by atoms with Gasteiger partial charge in [0.25, 0.3) is 0 Å². The SMILES string of the molecule is CC(C)(C)c1ccc(N2c3cc(C(C)(C)C)cc4c3B(c3oc5ccccc5c32)n2c3ccccc3c3c2c-4cc2c4ccccc4n(-c4ccccc4)c23)cc1. The van der Waals surface area contributed by atoms with Gasteiger partial charge in [-0.05, 0) is 93.6 Å². The Morgan fingerprint density at radius 3 is 1.89 bits per heavy atom. The van der Waals surface area contributed by atoms with Gasteiger partial charge in [-0.2, -0.15) is 0 Å². The number of furan rings is 1. The van der Waals surface area contributed by atoms with E-state index in [1.54, 1.807) is 0 Å². The Kier molecular flexibility index (Phi) is 6.38. The lowest BCUT2D eigenvalue weighted by molar-refractivity contribution is 0.590. The number of para-hydroxylation sites is 4. The molecule has 5 heteroatoms. The van der Waals surface area contributed by atoms with Crippen LogP contribution >= 0.6 is 0 Å². The normalized spacial score (nSPS) is 13.7. The molecule has 0 amide bonds. The average Bonchev–Trinajstić information content (AvgIpc) is 3.87. The van der Waals surface area contributed by atoms with Gasteiger partial charge in [0.05, 0.1) is 16.7 Å². The van der Waals surface area contributed by atoms with E-state index >= 15 is 0 Å². The first-order valence-corrected chi connectivity index (χ1v) is 20.2. The van der Waals surface area contributed by atoms with Crippen LogP contribution in [0.15, 0.2) is 150 Å². The molecule has 0 aliphatic carbocycles. The van der Waals surface area contributed by atoms with E-state index in [-0.39, 0.29) is 17.7 Å². The van der Waals surface area contributed by atoms with Crippen molar-refractivity contribution >= 4 is 89.6 Å². The van der Waals surface area contributed by atoms with Crippen molar-refractivity contribution in [2.24, 2.45) is 0 Å². The monoisotopic (exact) mass is 735 g/mol. The Labute approximate surface area is 332 Å². The standard InChI is InChI=1S/C52H42BN3O/c1-51(2,3)31-24-26-34(27-25-31)55-43-29-32(52(4,5)6)28-38-40-30-39-35-18-10-13-21-41(35)54(33-16-8-7-9-17-33)47(39)45-36-19-11-14-22-42(36)56(48(40)45)53(46(38)43)50-49(55)37-20-12-15-23-44(37)57-50/h7-30H,1-6H3. The van der Waals surface area contributed by atoms with Crippen molar-refractivity contribution < 1.29 is 4.42 Å². The minimum Gasteiger partial charge on any atom is -0.466 e. The Morgan fingerprint density at radius 2 is 1.16 bits per heavy atom. The molecule has 0 bridgehead atoms. The number of hydrogen-bond acceptors (Lipinski definition) is 2. The van der Waals surface area contributed by atoms with Crippen LogP contribution in [0.5, 0.6) is 0 Å². The summed E-state index contributed by atoms with van der Waals surface area (Å²) in [6.45, 7) is 13.7. The Hall–Kier alpha value is -6.46. The van der Waals surface area contributed by atoms with E-state index in [4.69, 9.17) is 4.42 Å². The molecule has 0 atom stereocenters. The van der Waals surface area contributed by atoms with E-state index in [9.17, 15) is 0 Å². The third-order valence-corrected chi connectivity index (χ3v) is 12.8. The summed E-state index contributed by atoms with van der Waals surface area (Å²) in [5.41, 5.74) is 17.9. The van der Waals surface area contributed by atoms with Gasteiger partial charge in [0.2, 0.25) is 0 Å². The van der Waals surface area contributed by atoms with Crippen LogP contribution < -0.4 is 16.0 Å². The first-order chi connectivity index (χ1) is 27.6. The molecule has 57 heavy (non-hydrogen) atoms. The second-order valence-electron chi connectivity index (χ2n) is 18.2. The summed E-state index contributed by atoms with van der Waals surface area (Å²) in [6, 6.07) is 54.1. The second kappa shape index (κ2) is 11.1. The van der Waals surface area contributed by atoms with Gasteiger partial charge >= 0.3 is 6.85 Å². The number of fused-ring (bicyclic) bond motifs is 13. The number of anilines is 3. The zero-order chi connectivity index (χ0) is 38.5. The van der Waals surface area contributed by atoms with Crippen LogP contribution in [-0.2, 0) is 10.8 Å². The maximum absolute atomic E-state index is 7.19. The van der Waals surface area contributed by atoms with E-state index in [0.29, 0.717) is 0 Å². The minimum atomic E-state index is -0.182. The molecule has 7 aromatic carbocycles. The highest BCUT2D eigenvalue weighted by Gasteiger charge is 2.47.